The van der Waals surface area contributed by atoms with Crippen molar-refractivity contribution in [2.24, 2.45) is 5.92 Å². The van der Waals surface area contributed by atoms with Gasteiger partial charge in [0.1, 0.15) is 10.6 Å². The molecule has 0 saturated heterocycles. The highest BCUT2D eigenvalue weighted by Crippen LogP contribution is 2.37. The number of hydrogen-bond donors (Lipinski definition) is 1. The molecule has 0 aromatic carbocycles. The molecule has 0 aliphatic rings. The zero-order valence-corrected chi connectivity index (χ0v) is 15.4. The quantitative estimate of drug-likeness (QED) is 0.690. The van der Waals surface area contributed by atoms with Gasteiger partial charge in [-0.1, -0.05) is 34.6 Å². The predicted molar refractivity (Wildman–Crippen MR) is 91.9 cm³/mol. The number of aromatic nitrogens is 1. The van der Waals surface area contributed by atoms with E-state index < -0.39 is 0 Å². The van der Waals surface area contributed by atoms with Crippen LogP contribution in [0.3, 0.4) is 0 Å². The summed E-state index contributed by atoms with van der Waals surface area (Å²) in [6.07, 6.45) is 3.01. The molecule has 0 aliphatic carbocycles. The number of thiazole rings is 1. The van der Waals surface area contributed by atoms with Gasteiger partial charge < -0.3 is 10.1 Å². The molecule has 0 aliphatic heterocycles. The van der Waals surface area contributed by atoms with Gasteiger partial charge in [-0.15, -0.1) is 11.3 Å². The van der Waals surface area contributed by atoms with Crippen molar-refractivity contribution in [2.75, 3.05) is 13.2 Å². The van der Waals surface area contributed by atoms with Gasteiger partial charge in [-0.2, -0.15) is 0 Å². The molecule has 0 amide bonds. The van der Waals surface area contributed by atoms with E-state index in [2.05, 4.69) is 46.9 Å². The Morgan fingerprint density at radius 2 is 1.86 bits per heavy atom. The molecule has 1 heterocycles. The molecule has 4 heteroatoms. The molecule has 1 N–H and O–H groups in total. The van der Waals surface area contributed by atoms with E-state index in [0.717, 1.165) is 44.0 Å². The summed E-state index contributed by atoms with van der Waals surface area (Å²) in [6, 6.07) is 0. The van der Waals surface area contributed by atoms with Crippen LogP contribution in [-0.2, 0) is 23.3 Å². The zero-order valence-electron chi connectivity index (χ0n) is 14.6. The van der Waals surface area contributed by atoms with E-state index in [1.807, 2.05) is 11.3 Å². The van der Waals surface area contributed by atoms with E-state index in [9.17, 15) is 0 Å². The number of nitrogens with zero attached hydrogens (tertiary/aromatic N) is 1. The van der Waals surface area contributed by atoms with E-state index in [0.29, 0.717) is 5.92 Å². The van der Waals surface area contributed by atoms with Crippen LogP contribution in [0.5, 0.6) is 0 Å². The third-order valence-corrected chi connectivity index (χ3v) is 5.15. The number of ether oxygens (including phenoxy) is 1. The molecule has 0 bridgehead atoms. The molecule has 0 spiro atoms. The Bertz CT molecular complexity index is 411. The van der Waals surface area contributed by atoms with Gasteiger partial charge >= 0.3 is 0 Å². The predicted octanol–water partition coefficient (Wildman–Crippen LogP) is 4.50. The van der Waals surface area contributed by atoms with Crippen LogP contribution in [0.1, 0.15) is 70.0 Å². The Morgan fingerprint density at radius 1 is 1.19 bits per heavy atom. The van der Waals surface area contributed by atoms with Gasteiger partial charge in [0, 0.05) is 18.0 Å². The van der Waals surface area contributed by atoms with Crippen LogP contribution in [0.15, 0.2) is 0 Å². The molecule has 0 saturated carbocycles. The highest BCUT2D eigenvalue weighted by molar-refractivity contribution is 7.11. The molecular weight excluding hydrogens is 280 g/mol. The van der Waals surface area contributed by atoms with E-state index >= 15 is 0 Å². The van der Waals surface area contributed by atoms with Gasteiger partial charge in [-0.3, -0.25) is 0 Å². The van der Waals surface area contributed by atoms with Crippen molar-refractivity contribution in [3.8, 4) is 0 Å². The Hall–Kier alpha value is -0.450. The van der Waals surface area contributed by atoms with Gasteiger partial charge in [0.15, 0.2) is 0 Å². The second-order valence-electron chi connectivity index (χ2n) is 5.90. The molecule has 122 valence electrons. The highest BCUT2D eigenvalue weighted by Gasteiger charge is 2.33. The number of hydrogen-bond acceptors (Lipinski definition) is 4. The molecule has 1 aromatic heterocycles. The molecule has 0 unspecified atom stereocenters. The molecule has 1 rings (SSSR count). The van der Waals surface area contributed by atoms with Crippen LogP contribution >= 0.6 is 11.3 Å². The standard InChI is InChI=1S/C17H32N2OS/c1-7-17(8-2,20-10-4)16-19-14(11-13(5)6)15(21-16)12-18-9-3/h13,18H,7-12H2,1-6H3. The Morgan fingerprint density at radius 3 is 2.33 bits per heavy atom. The first kappa shape index (κ1) is 18.6. The van der Waals surface area contributed by atoms with Crippen molar-refractivity contribution in [1.82, 2.24) is 10.3 Å². The van der Waals surface area contributed by atoms with E-state index in [4.69, 9.17) is 9.72 Å². The largest absolute Gasteiger partial charge is 0.368 e. The summed E-state index contributed by atoms with van der Waals surface area (Å²) in [4.78, 5) is 6.37. The van der Waals surface area contributed by atoms with Crippen molar-refractivity contribution in [3.63, 3.8) is 0 Å². The molecule has 1 aromatic rings. The molecule has 3 nitrogen and oxygen atoms in total. The summed E-state index contributed by atoms with van der Waals surface area (Å²) >= 11 is 1.84. The van der Waals surface area contributed by atoms with Gasteiger partial charge in [0.25, 0.3) is 0 Å². The summed E-state index contributed by atoms with van der Waals surface area (Å²) in [5.74, 6) is 0.630. The molecule has 0 fully saturated rings. The van der Waals surface area contributed by atoms with E-state index in [1.165, 1.54) is 10.6 Å². The van der Waals surface area contributed by atoms with Gasteiger partial charge in [-0.05, 0) is 38.6 Å². The third kappa shape index (κ3) is 4.76. The SMILES string of the molecule is CCNCc1sc(C(CC)(CC)OCC)nc1CC(C)C. The zero-order chi connectivity index (χ0) is 15.9. The first-order chi connectivity index (χ1) is 10.0. The molecule has 0 radical (unpaired) electrons. The third-order valence-electron chi connectivity index (χ3n) is 3.87. The summed E-state index contributed by atoms with van der Waals surface area (Å²) in [5.41, 5.74) is 1.06. The lowest BCUT2D eigenvalue weighted by molar-refractivity contribution is -0.0507. The smallest absolute Gasteiger partial charge is 0.125 e. The minimum absolute atomic E-state index is 0.199. The normalized spacial score (nSPS) is 12.3. The second-order valence-corrected chi connectivity index (χ2v) is 6.99. The molecule has 0 atom stereocenters. The molecular formula is C17H32N2OS. The summed E-state index contributed by atoms with van der Waals surface area (Å²) in [7, 11) is 0. The van der Waals surface area contributed by atoms with Gasteiger partial charge in [-0.25, -0.2) is 4.98 Å². The topological polar surface area (TPSA) is 34.1 Å². The fourth-order valence-corrected chi connectivity index (χ4v) is 3.94. The van der Waals surface area contributed by atoms with Crippen LogP contribution in [0.2, 0.25) is 0 Å². The van der Waals surface area contributed by atoms with Crippen LogP contribution in [-0.4, -0.2) is 18.1 Å². The van der Waals surface area contributed by atoms with E-state index in [1.54, 1.807) is 0 Å². The monoisotopic (exact) mass is 312 g/mol. The summed E-state index contributed by atoms with van der Waals surface area (Å²) in [6.45, 7) is 15.8. The fourth-order valence-electron chi connectivity index (χ4n) is 2.60. The van der Waals surface area contributed by atoms with E-state index in [-0.39, 0.29) is 5.60 Å². The summed E-state index contributed by atoms with van der Waals surface area (Å²) in [5, 5.41) is 4.61. The Kier molecular flexibility index (Phi) is 7.85. The average Bonchev–Trinajstić information content (AvgIpc) is 2.85. The molecule has 21 heavy (non-hydrogen) atoms. The van der Waals surface area contributed by atoms with Crippen LogP contribution < -0.4 is 5.32 Å². The fraction of sp³-hybridized carbons (Fsp3) is 0.824. The average molecular weight is 313 g/mol. The van der Waals surface area contributed by atoms with Crippen molar-refractivity contribution in [1.29, 1.82) is 0 Å². The second kappa shape index (κ2) is 8.86. The summed E-state index contributed by atoms with van der Waals surface area (Å²) < 4.78 is 6.12. The Labute approximate surface area is 134 Å². The van der Waals surface area contributed by atoms with Crippen molar-refractivity contribution in [2.45, 2.75) is 73.0 Å². The maximum atomic E-state index is 6.12. The first-order valence-corrected chi connectivity index (χ1v) is 9.18. The minimum Gasteiger partial charge on any atom is -0.368 e. The van der Waals surface area contributed by atoms with Crippen molar-refractivity contribution in [3.05, 3.63) is 15.6 Å². The lowest BCUT2D eigenvalue weighted by Crippen LogP contribution is -2.28. The number of rotatable bonds is 10. The van der Waals surface area contributed by atoms with Crippen LogP contribution in [0, 0.1) is 5.92 Å². The van der Waals surface area contributed by atoms with Crippen LogP contribution in [0.25, 0.3) is 0 Å². The maximum Gasteiger partial charge on any atom is 0.125 e. The van der Waals surface area contributed by atoms with Crippen LogP contribution in [0.4, 0.5) is 0 Å². The van der Waals surface area contributed by atoms with Gasteiger partial charge in [0.2, 0.25) is 0 Å². The first-order valence-electron chi connectivity index (χ1n) is 8.36. The highest BCUT2D eigenvalue weighted by atomic mass is 32.1. The van der Waals surface area contributed by atoms with Crippen molar-refractivity contribution >= 4 is 11.3 Å². The minimum atomic E-state index is -0.199. The van der Waals surface area contributed by atoms with Gasteiger partial charge in [0.05, 0.1) is 5.69 Å². The van der Waals surface area contributed by atoms with Crippen molar-refractivity contribution < 1.29 is 4.74 Å². The number of nitrogens with one attached hydrogen (secondary N) is 1. The Balaban J connectivity index is 3.13. The maximum absolute atomic E-state index is 6.12. The lowest BCUT2D eigenvalue weighted by atomic mass is 9.98. The lowest BCUT2D eigenvalue weighted by Gasteiger charge is -2.29.